The molecular weight excluding hydrogens is 421 g/mol. The Labute approximate surface area is 157 Å². The maximum Gasteiger partial charge on any atom is 0.191 e. The number of aliphatic imine (C=N–C) groups is 1. The number of thiazole rings is 1. The van der Waals surface area contributed by atoms with Crippen molar-refractivity contribution >= 4 is 41.3 Å². The van der Waals surface area contributed by atoms with Gasteiger partial charge in [0.2, 0.25) is 0 Å². The molecule has 0 saturated heterocycles. The molecule has 2 N–H and O–H groups in total. The normalized spacial score (nSPS) is 10.6. The molecule has 0 aliphatic heterocycles. The highest BCUT2D eigenvalue weighted by molar-refractivity contribution is 14.0. The lowest BCUT2D eigenvalue weighted by molar-refractivity contribution is 0.803. The molecule has 0 saturated carbocycles. The van der Waals surface area contributed by atoms with Gasteiger partial charge >= 0.3 is 0 Å². The Morgan fingerprint density at radius 1 is 1.22 bits per heavy atom. The molecule has 0 amide bonds. The molecule has 23 heavy (non-hydrogen) atoms. The van der Waals surface area contributed by atoms with Crippen molar-refractivity contribution < 1.29 is 0 Å². The van der Waals surface area contributed by atoms with Crippen molar-refractivity contribution in [2.45, 2.75) is 26.9 Å². The second-order valence-corrected chi connectivity index (χ2v) is 6.12. The lowest BCUT2D eigenvalue weighted by Gasteiger charge is -2.11. The van der Waals surface area contributed by atoms with Gasteiger partial charge in [-0.15, -0.1) is 35.3 Å². The molecule has 0 spiro atoms. The monoisotopic (exact) mass is 441 g/mol. The zero-order valence-electron chi connectivity index (χ0n) is 13.4. The van der Waals surface area contributed by atoms with Gasteiger partial charge in [-0.25, -0.2) is 4.98 Å². The van der Waals surface area contributed by atoms with Crippen LogP contribution in [-0.4, -0.2) is 18.0 Å². The van der Waals surface area contributed by atoms with Crippen LogP contribution in [0.1, 0.15) is 26.7 Å². The van der Waals surface area contributed by atoms with E-state index in [-0.39, 0.29) is 24.0 Å². The molecular formula is C16H20IN5S. The van der Waals surface area contributed by atoms with Crippen LogP contribution in [0.4, 0.5) is 0 Å². The lowest BCUT2D eigenvalue weighted by atomic mass is 10.1. The van der Waals surface area contributed by atoms with E-state index in [9.17, 15) is 0 Å². The summed E-state index contributed by atoms with van der Waals surface area (Å²) in [6.45, 7) is 5.41. The lowest BCUT2D eigenvalue weighted by Crippen LogP contribution is -2.36. The minimum atomic E-state index is 0. The number of guanidine groups is 1. The van der Waals surface area contributed by atoms with E-state index >= 15 is 0 Å². The Bertz CT molecular complexity index is 681. The molecule has 0 aliphatic rings. The van der Waals surface area contributed by atoms with Gasteiger partial charge in [-0.05, 0) is 31.5 Å². The van der Waals surface area contributed by atoms with E-state index in [1.165, 1.54) is 4.88 Å². The Morgan fingerprint density at radius 2 is 1.87 bits per heavy atom. The Hall–Kier alpha value is -1.66. The summed E-state index contributed by atoms with van der Waals surface area (Å²) in [6, 6.07) is 9.61. The molecule has 122 valence electrons. The first-order chi connectivity index (χ1) is 10.6. The van der Waals surface area contributed by atoms with Crippen molar-refractivity contribution in [1.82, 2.24) is 15.6 Å². The maximum atomic E-state index is 8.78. The van der Waals surface area contributed by atoms with Crippen molar-refractivity contribution in [2.24, 2.45) is 4.99 Å². The first kappa shape index (κ1) is 19.4. The van der Waals surface area contributed by atoms with Gasteiger partial charge in [-0.2, -0.15) is 5.26 Å². The molecule has 0 aliphatic carbocycles. The standard InChI is InChI=1S/C16H19N5S.HI/c1-11-12(2)22-15(21-11)10-20-16(18-3)19-9-14-6-4-13(8-17)5-7-14;/h4-7H,9-10H2,1-3H3,(H2,18,19,20);1H. The average Bonchev–Trinajstić information content (AvgIpc) is 2.86. The molecule has 0 bridgehead atoms. The highest BCUT2D eigenvalue weighted by Gasteiger charge is 2.04. The van der Waals surface area contributed by atoms with E-state index in [0.29, 0.717) is 18.7 Å². The summed E-state index contributed by atoms with van der Waals surface area (Å²) in [7, 11) is 1.74. The molecule has 0 atom stereocenters. The molecule has 1 heterocycles. The second-order valence-electron chi connectivity index (χ2n) is 4.84. The van der Waals surface area contributed by atoms with Crippen molar-refractivity contribution in [1.29, 1.82) is 5.26 Å². The number of hydrogen-bond donors (Lipinski definition) is 2. The van der Waals surface area contributed by atoms with E-state index in [0.717, 1.165) is 22.2 Å². The summed E-state index contributed by atoms with van der Waals surface area (Å²) < 4.78 is 0. The van der Waals surface area contributed by atoms with Crippen LogP contribution < -0.4 is 10.6 Å². The summed E-state index contributed by atoms with van der Waals surface area (Å²) in [5.41, 5.74) is 2.85. The number of hydrogen-bond acceptors (Lipinski definition) is 4. The number of nitrogens with zero attached hydrogens (tertiary/aromatic N) is 3. The van der Waals surface area contributed by atoms with Crippen LogP contribution in [0.25, 0.3) is 0 Å². The first-order valence-corrected chi connectivity index (χ1v) is 7.80. The SMILES string of the molecule is CN=C(NCc1ccc(C#N)cc1)NCc1nc(C)c(C)s1.I. The van der Waals surface area contributed by atoms with E-state index in [2.05, 4.69) is 33.6 Å². The molecule has 0 radical (unpaired) electrons. The topological polar surface area (TPSA) is 73.1 Å². The second kappa shape index (κ2) is 9.47. The van der Waals surface area contributed by atoms with Crippen LogP contribution >= 0.6 is 35.3 Å². The minimum absolute atomic E-state index is 0. The Balaban J connectivity index is 0.00000264. The molecule has 0 unspecified atom stereocenters. The predicted molar refractivity (Wildman–Crippen MR) is 105 cm³/mol. The fourth-order valence-electron chi connectivity index (χ4n) is 1.88. The summed E-state index contributed by atoms with van der Waals surface area (Å²) in [6.07, 6.45) is 0. The van der Waals surface area contributed by atoms with Crippen molar-refractivity contribution in [3.63, 3.8) is 0 Å². The number of aromatic nitrogens is 1. The number of halogens is 1. The zero-order valence-corrected chi connectivity index (χ0v) is 16.5. The smallest absolute Gasteiger partial charge is 0.191 e. The van der Waals surface area contributed by atoms with Gasteiger partial charge in [0.25, 0.3) is 0 Å². The number of nitriles is 1. The maximum absolute atomic E-state index is 8.78. The largest absolute Gasteiger partial charge is 0.352 e. The van der Waals surface area contributed by atoms with Gasteiger partial charge in [-0.3, -0.25) is 4.99 Å². The van der Waals surface area contributed by atoms with Gasteiger partial charge in [0.15, 0.2) is 5.96 Å². The fraction of sp³-hybridized carbons (Fsp3) is 0.312. The van der Waals surface area contributed by atoms with Crippen molar-refractivity contribution in [3.05, 3.63) is 51.0 Å². The highest BCUT2D eigenvalue weighted by Crippen LogP contribution is 2.15. The van der Waals surface area contributed by atoms with Gasteiger partial charge in [0.05, 0.1) is 23.9 Å². The summed E-state index contributed by atoms with van der Waals surface area (Å²) in [5, 5.41) is 16.3. The summed E-state index contributed by atoms with van der Waals surface area (Å²) >= 11 is 1.70. The molecule has 1 aromatic heterocycles. The van der Waals surface area contributed by atoms with Gasteiger partial charge in [-0.1, -0.05) is 12.1 Å². The molecule has 5 nitrogen and oxygen atoms in total. The number of aryl methyl sites for hydroxylation is 2. The zero-order chi connectivity index (χ0) is 15.9. The molecule has 2 rings (SSSR count). The number of rotatable bonds is 4. The van der Waals surface area contributed by atoms with E-state index in [1.54, 1.807) is 18.4 Å². The number of benzene rings is 1. The summed E-state index contributed by atoms with van der Waals surface area (Å²) in [5.74, 6) is 0.731. The molecule has 7 heteroatoms. The van der Waals surface area contributed by atoms with E-state index in [1.807, 2.05) is 31.2 Å². The Morgan fingerprint density at radius 3 is 2.39 bits per heavy atom. The first-order valence-electron chi connectivity index (χ1n) is 6.99. The van der Waals surface area contributed by atoms with E-state index in [4.69, 9.17) is 5.26 Å². The minimum Gasteiger partial charge on any atom is -0.352 e. The third kappa shape index (κ3) is 5.80. The number of nitrogens with one attached hydrogen (secondary N) is 2. The Kier molecular flexibility index (Phi) is 7.98. The van der Waals surface area contributed by atoms with Gasteiger partial charge < -0.3 is 10.6 Å². The fourth-order valence-corrected chi connectivity index (χ4v) is 2.75. The van der Waals surface area contributed by atoms with Crippen LogP contribution in [0.3, 0.4) is 0 Å². The predicted octanol–water partition coefficient (Wildman–Crippen LogP) is 3.11. The third-order valence-corrected chi connectivity index (χ3v) is 4.32. The summed E-state index contributed by atoms with van der Waals surface area (Å²) in [4.78, 5) is 9.94. The van der Waals surface area contributed by atoms with Crippen LogP contribution in [0.5, 0.6) is 0 Å². The van der Waals surface area contributed by atoms with Gasteiger partial charge in [0.1, 0.15) is 5.01 Å². The molecule has 1 aromatic carbocycles. The van der Waals surface area contributed by atoms with Crippen LogP contribution in [0.2, 0.25) is 0 Å². The van der Waals surface area contributed by atoms with Crippen LogP contribution in [-0.2, 0) is 13.1 Å². The van der Waals surface area contributed by atoms with Crippen LogP contribution in [0, 0.1) is 25.2 Å². The molecule has 2 aromatic rings. The average molecular weight is 441 g/mol. The highest BCUT2D eigenvalue weighted by atomic mass is 127. The van der Waals surface area contributed by atoms with Gasteiger partial charge in [0, 0.05) is 18.5 Å². The van der Waals surface area contributed by atoms with Crippen LogP contribution in [0.15, 0.2) is 29.3 Å². The van der Waals surface area contributed by atoms with Crippen molar-refractivity contribution in [2.75, 3.05) is 7.05 Å². The quantitative estimate of drug-likeness (QED) is 0.435. The van der Waals surface area contributed by atoms with Crippen molar-refractivity contribution in [3.8, 4) is 6.07 Å². The van der Waals surface area contributed by atoms with E-state index < -0.39 is 0 Å². The third-order valence-electron chi connectivity index (χ3n) is 3.25. The molecule has 0 fully saturated rings.